The van der Waals surface area contributed by atoms with Crippen LogP contribution in [0.4, 0.5) is 5.69 Å². The summed E-state index contributed by atoms with van der Waals surface area (Å²) in [7, 11) is 2.91. The van der Waals surface area contributed by atoms with Crippen LogP contribution in [-0.2, 0) is 4.79 Å². The summed E-state index contributed by atoms with van der Waals surface area (Å²) in [5, 5.41) is 12.3. The SMILES string of the molecule is COc1ccc(C(=O)Oc2c(Cl)cc(/C=C(\C#N)C(=O)Nc3cccc(I)c3)cc2OC)cc1. The van der Waals surface area contributed by atoms with E-state index in [4.69, 9.17) is 25.8 Å². The number of halogens is 2. The van der Waals surface area contributed by atoms with E-state index >= 15 is 0 Å². The number of esters is 1. The first-order valence-electron chi connectivity index (χ1n) is 9.77. The molecule has 0 atom stereocenters. The van der Waals surface area contributed by atoms with Crippen molar-refractivity contribution >= 4 is 57.8 Å². The van der Waals surface area contributed by atoms with Crippen molar-refractivity contribution in [1.82, 2.24) is 0 Å². The van der Waals surface area contributed by atoms with Crippen molar-refractivity contribution in [2.24, 2.45) is 0 Å². The molecule has 3 rings (SSSR count). The van der Waals surface area contributed by atoms with Crippen molar-refractivity contribution < 1.29 is 23.8 Å². The van der Waals surface area contributed by atoms with Crippen LogP contribution in [0.25, 0.3) is 6.08 Å². The Morgan fingerprint density at radius 1 is 1.06 bits per heavy atom. The van der Waals surface area contributed by atoms with Crippen molar-refractivity contribution in [3.63, 3.8) is 0 Å². The van der Waals surface area contributed by atoms with Gasteiger partial charge in [0.15, 0.2) is 11.5 Å². The molecular weight excluding hydrogens is 571 g/mol. The lowest BCUT2D eigenvalue weighted by Gasteiger charge is -2.12. The molecule has 1 N–H and O–H groups in total. The minimum Gasteiger partial charge on any atom is -0.497 e. The zero-order valence-corrected chi connectivity index (χ0v) is 21.0. The summed E-state index contributed by atoms with van der Waals surface area (Å²) in [6.07, 6.45) is 1.37. The van der Waals surface area contributed by atoms with Crippen LogP contribution >= 0.6 is 34.2 Å². The number of amides is 1. The first-order valence-corrected chi connectivity index (χ1v) is 11.2. The van der Waals surface area contributed by atoms with Crippen molar-refractivity contribution in [2.75, 3.05) is 19.5 Å². The third-order valence-electron chi connectivity index (χ3n) is 4.53. The van der Waals surface area contributed by atoms with Gasteiger partial charge >= 0.3 is 5.97 Å². The zero-order valence-electron chi connectivity index (χ0n) is 18.1. The number of nitrogens with zero attached hydrogens (tertiary/aromatic N) is 1. The summed E-state index contributed by atoms with van der Waals surface area (Å²) in [5.74, 6) is -0.433. The predicted octanol–water partition coefficient (Wildman–Crippen LogP) is 5.73. The molecule has 0 aliphatic heterocycles. The first kappa shape index (κ1) is 25.1. The molecule has 0 saturated carbocycles. The number of carbonyl (C=O) groups excluding carboxylic acids is 2. The molecule has 7 nitrogen and oxygen atoms in total. The Balaban J connectivity index is 1.84. The van der Waals surface area contributed by atoms with E-state index in [1.54, 1.807) is 42.5 Å². The molecule has 0 aliphatic carbocycles. The monoisotopic (exact) mass is 588 g/mol. The molecule has 9 heteroatoms. The lowest BCUT2D eigenvalue weighted by molar-refractivity contribution is -0.112. The second-order valence-electron chi connectivity index (χ2n) is 6.79. The molecular formula is C25H18ClIN2O5. The fourth-order valence-corrected chi connectivity index (χ4v) is 3.68. The van der Waals surface area contributed by atoms with Gasteiger partial charge in [-0.1, -0.05) is 17.7 Å². The van der Waals surface area contributed by atoms with Gasteiger partial charge in [0.05, 0.1) is 24.8 Å². The second-order valence-corrected chi connectivity index (χ2v) is 8.44. The van der Waals surface area contributed by atoms with Gasteiger partial charge in [-0.3, -0.25) is 4.79 Å². The summed E-state index contributed by atoms with van der Waals surface area (Å²) in [4.78, 5) is 25.1. The van der Waals surface area contributed by atoms with E-state index < -0.39 is 11.9 Å². The van der Waals surface area contributed by atoms with Gasteiger partial charge in [-0.2, -0.15) is 5.26 Å². The fourth-order valence-electron chi connectivity index (χ4n) is 2.88. The Labute approximate surface area is 215 Å². The molecule has 0 aliphatic rings. The summed E-state index contributed by atoms with van der Waals surface area (Å²) in [6, 6.07) is 18.4. The topological polar surface area (TPSA) is 97.7 Å². The molecule has 34 heavy (non-hydrogen) atoms. The number of methoxy groups -OCH3 is 2. The number of carbonyl (C=O) groups is 2. The Bertz CT molecular complexity index is 1300. The van der Waals surface area contributed by atoms with Crippen molar-refractivity contribution in [1.29, 1.82) is 5.26 Å². The van der Waals surface area contributed by atoms with E-state index in [1.165, 1.54) is 32.4 Å². The second kappa shape index (κ2) is 11.5. The Morgan fingerprint density at radius 3 is 2.41 bits per heavy atom. The lowest BCUT2D eigenvalue weighted by Crippen LogP contribution is -2.13. The predicted molar refractivity (Wildman–Crippen MR) is 137 cm³/mol. The first-order chi connectivity index (χ1) is 16.3. The maximum absolute atomic E-state index is 12.6. The van der Waals surface area contributed by atoms with Gasteiger partial charge in [0.2, 0.25) is 0 Å². The highest BCUT2D eigenvalue weighted by molar-refractivity contribution is 14.1. The van der Waals surface area contributed by atoms with Crippen LogP contribution in [0.3, 0.4) is 0 Å². The molecule has 0 radical (unpaired) electrons. The van der Waals surface area contributed by atoms with Crippen LogP contribution in [0, 0.1) is 14.9 Å². The van der Waals surface area contributed by atoms with Crippen LogP contribution in [0.15, 0.2) is 66.2 Å². The van der Waals surface area contributed by atoms with Crippen molar-refractivity contribution in [3.8, 4) is 23.3 Å². The molecule has 0 bridgehead atoms. The molecule has 1 amide bonds. The average Bonchev–Trinajstić information content (AvgIpc) is 2.83. The fraction of sp³-hybridized carbons (Fsp3) is 0.0800. The highest BCUT2D eigenvalue weighted by atomic mass is 127. The summed E-state index contributed by atoms with van der Waals surface area (Å²) < 4.78 is 16.8. The Morgan fingerprint density at radius 2 is 1.79 bits per heavy atom. The molecule has 172 valence electrons. The molecule has 0 saturated heterocycles. The number of benzene rings is 3. The highest BCUT2D eigenvalue weighted by Gasteiger charge is 2.18. The third-order valence-corrected chi connectivity index (χ3v) is 5.48. The average molecular weight is 589 g/mol. The van der Waals surface area contributed by atoms with Crippen LogP contribution < -0.4 is 19.5 Å². The standard InChI is InChI=1S/C25H18ClIN2O5/c1-32-20-8-6-16(7-9-20)25(31)34-23-21(26)11-15(12-22(23)33-2)10-17(14-28)24(30)29-19-5-3-4-18(27)13-19/h3-13H,1-2H3,(H,29,30)/b17-10+. The number of nitriles is 1. The van der Waals surface area contributed by atoms with Crippen LogP contribution in [0.2, 0.25) is 5.02 Å². The van der Waals surface area contributed by atoms with Gasteiger partial charge in [0.25, 0.3) is 5.91 Å². The molecule has 3 aromatic rings. The van der Waals surface area contributed by atoms with Crippen molar-refractivity contribution in [2.45, 2.75) is 0 Å². The molecule has 0 heterocycles. The van der Waals surface area contributed by atoms with Gasteiger partial charge in [0.1, 0.15) is 17.4 Å². The molecule has 0 aromatic heterocycles. The maximum Gasteiger partial charge on any atom is 0.343 e. The van der Waals surface area contributed by atoms with Gasteiger partial charge in [-0.25, -0.2) is 4.79 Å². The van der Waals surface area contributed by atoms with Crippen LogP contribution in [0.5, 0.6) is 17.2 Å². The van der Waals surface area contributed by atoms with E-state index in [0.29, 0.717) is 22.6 Å². The summed E-state index contributed by atoms with van der Waals surface area (Å²) >= 11 is 8.48. The number of hydrogen-bond acceptors (Lipinski definition) is 6. The number of anilines is 1. The number of hydrogen-bond donors (Lipinski definition) is 1. The normalized spacial score (nSPS) is 10.7. The smallest absolute Gasteiger partial charge is 0.343 e. The van der Waals surface area contributed by atoms with E-state index in [1.807, 2.05) is 12.1 Å². The third kappa shape index (κ3) is 6.27. The largest absolute Gasteiger partial charge is 0.497 e. The minimum absolute atomic E-state index is 0.0176. The van der Waals surface area contributed by atoms with E-state index in [9.17, 15) is 14.9 Å². The van der Waals surface area contributed by atoms with Crippen molar-refractivity contribution in [3.05, 3.63) is 86.0 Å². The van der Waals surface area contributed by atoms with E-state index in [-0.39, 0.29) is 22.1 Å². The van der Waals surface area contributed by atoms with Crippen LogP contribution in [-0.4, -0.2) is 26.1 Å². The number of nitrogens with one attached hydrogen (secondary N) is 1. The van der Waals surface area contributed by atoms with Gasteiger partial charge in [-0.05, 0) is 88.8 Å². The summed E-state index contributed by atoms with van der Waals surface area (Å²) in [5.41, 5.74) is 1.14. The quantitative estimate of drug-likeness (QED) is 0.125. The number of ether oxygens (including phenoxy) is 3. The van der Waals surface area contributed by atoms with E-state index in [0.717, 1.165) is 3.57 Å². The highest BCUT2D eigenvalue weighted by Crippen LogP contribution is 2.37. The van der Waals surface area contributed by atoms with Crippen LogP contribution in [0.1, 0.15) is 15.9 Å². The van der Waals surface area contributed by atoms with E-state index in [2.05, 4.69) is 27.9 Å². The molecule has 0 unspecified atom stereocenters. The summed E-state index contributed by atoms with van der Waals surface area (Å²) in [6.45, 7) is 0. The number of rotatable bonds is 7. The molecule has 0 fully saturated rings. The Kier molecular flexibility index (Phi) is 8.51. The zero-order chi connectivity index (χ0) is 24.7. The molecule has 3 aromatic carbocycles. The van der Waals surface area contributed by atoms with Gasteiger partial charge < -0.3 is 19.5 Å². The lowest BCUT2D eigenvalue weighted by atomic mass is 10.1. The molecule has 0 spiro atoms. The maximum atomic E-state index is 12.6. The van der Waals surface area contributed by atoms with Gasteiger partial charge in [-0.15, -0.1) is 0 Å². The van der Waals surface area contributed by atoms with Gasteiger partial charge in [0, 0.05) is 9.26 Å². The Hall–Kier alpha value is -3.55. The minimum atomic E-state index is -0.638.